The molecule has 0 unspecified atom stereocenters. The zero-order valence-electron chi connectivity index (χ0n) is 10.3. The Morgan fingerprint density at radius 3 is 2.10 bits per heavy atom. The Morgan fingerprint density at radius 1 is 0.950 bits per heavy atom. The maximum atomic E-state index is 13.4. The molecule has 2 nitrogen and oxygen atoms in total. The first-order chi connectivity index (χ1) is 9.38. The van der Waals surface area contributed by atoms with E-state index in [1.807, 2.05) is 5.32 Å². The lowest BCUT2D eigenvalue weighted by atomic mass is 10.1. The van der Waals surface area contributed by atoms with Gasteiger partial charge < -0.3 is 5.32 Å². The summed E-state index contributed by atoms with van der Waals surface area (Å²) in [7, 11) is 0. The van der Waals surface area contributed by atoms with E-state index in [9.17, 15) is 22.4 Å². The number of rotatable bonds is 2. The summed E-state index contributed by atoms with van der Waals surface area (Å²) in [5.74, 6) is -4.88. The summed E-state index contributed by atoms with van der Waals surface area (Å²) in [6.45, 7) is 1.48. The van der Waals surface area contributed by atoms with Gasteiger partial charge in [-0.25, -0.2) is 17.6 Å². The van der Waals surface area contributed by atoms with Crippen molar-refractivity contribution in [2.24, 2.45) is 0 Å². The van der Waals surface area contributed by atoms with Crippen LogP contribution in [0.2, 0.25) is 0 Å². The Morgan fingerprint density at radius 2 is 1.55 bits per heavy atom. The Balaban J connectivity index is 2.33. The second-order valence-corrected chi connectivity index (χ2v) is 4.16. The van der Waals surface area contributed by atoms with E-state index in [-0.39, 0.29) is 5.56 Å². The molecule has 2 rings (SSSR count). The molecule has 6 heteroatoms. The predicted octanol–water partition coefficient (Wildman–Crippen LogP) is 3.80. The van der Waals surface area contributed by atoms with Gasteiger partial charge >= 0.3 is 0 Å². The summed E-state index contributed by atoms with van der Waals surface area (Å²) in [6, 6.07) is 4.28. The third-order valence-electron chi connectivity index (χ3n) is 2.68. The van der Waals surface area contributed by atoms with Crippen LogP contribution in [-0.2, 0) is 0 Å². The molecule has 0 aliphatic carbocycles. The number of hydrogen-bond donors (Lipinski definition) is 1. The normalized spacial score (nSPS) is 10.4. The van der Waals surface area contributed by atoms with E-state index >= 15 is 0 Å². The third kappa shape index (κ3) is 2.79. The summed E-state index contributed by atoms with van der Waals surface area (Å²) < 4.78 is 52.5. The molecule has 0 heterocycles. The molecule has 2 aromatic carbocycles. The van der Waals surface area contributed by atoms with E-state index in [0.29, 0.717) is 17.7 Å². The van der Waals surface area contributed by atoms with Crippen molar-refractivity contribution in [3.05, 3.63) is 64.7 Å². The fraction of sp³-hybridized carbons (Fsp3) is 0.0714. The number of aryl methyl sites for hydroxylation is 1. The number of carbonyl (C=O) groups is 1. The smallest absolute Gasteiger partial charge is 0.256 e. The summed E-state index contributed by atoms with van der Waals surface area (Å²) in [6.07, 6.45) is 0. The minimum atomic E-state index is -1.23. The molecule has 0 fully saturated rings. The summed E-state index contributed by atoms with van der Waals surface area (Å²) in [5.41, 5.74) is -0.375. The standard InChI is InChI=1S/C14H9F4NO/c1-7-4-8(15)2-3-10(7)14(20)19-13-11(17)5-9(16)6-12(13)18/h2-6H,1H3,(H,19,20). The fourth-order valence-electron chi connectivity index (χ4n) is 1.72. The van der Waals surface area contributed by atoms with Crippen LogP contribution in [0, 0.1) is 30.2 Å². The highest BCUT2D eigenvalue weighted by molar-refractivity contribution is 6.05. The van der Waals surface area contributed by atoms with Crippen molar-refractivity contribution in [3.63, 3.8) is 0 Å². The molecule has 104 valence electrons. The molecule has 0 aromatic heterocycles. The molecule has 0 aliphatic rings. The van der Waals surface area contributed by atoms with Crippen molar-refractivity contribution in [2.45, 2.75) is 6.92 Å². The van der Waals surface area contributed by atoms with Gasteiger partial charge in [0.15, 0.2) is 11.6 Å². The first kappa shape index (κ1) is 14.0. The molecule has 2 aromatic rings. The summed E-state index contributed by atoms with van der Waals surface area (Å²) >= 11 is 0. The van der Waals surface area contributed by atoms with Gasteiger partial charge in [-0.3, -0.25) is 4.79 Å². The number of benzene rings is 2. The maximum absolute atomic E-state index is 13.4. The van der Waals surface area contributed by atoms with Gasteiger partial charge in [0.1, 0.15) is 17.3 Å². The van der Waals surface area contributed by atoms with E-state index in [1.165, 1.54) is 13.0 Å². The molecule has 0 saturated heterocycles. The number of anilines is 1. The molecular formula is C14H9F4NO. The summed E-state index contributed by atoms with van der Waals surface area (Å²) in [4.78, 5) is 11.9. The van der Waals surface area contributed by atoms with Crippen molar-refractivity contribution < 1.29 is 22.4 Å². The van der Waals surface area contributed by atoms with Crippen molar-refractivity contribution in [2.75, 3.05) is 5.32 Å². The second kappa shape index (κ2) is 5.32. The highest BCUT2D eigenvalue weighted by Gasteiger charge is 2.16. The van der Waals surface area contributed by atoms with Gasteiger partial charge in [-0.05, 0) is 30.7 Å². The minimum Gasteiger partial charge on any atom is -0.317 e. The van der Waals surface area contributed by atoms with Crippen LogP contribution in [0.5, 0.6) is 0 Å². The number of halogens is 4. The third-order valence-corrected chi connectivity index (χ3v) is 2.68. The van der Waals surface area contributed by atoms with E-state index in [2.05, 4.69) is 0 Å². The SMILES string of the molecule is Cc1cc(F)ccc1C(=O)Nc1c(F)cc(F)cc1F. The quantitative estimate of drug-likeness (QED) is 0.834. The van der Waals surface area contributed by atoms with Gasteiger partial charge in [-0.15, -0.1) is 0 Å². The molecule has 0 bridgehead atoms. The first-order valence-corrected chi connectivity index (χ1v) is 5.60. The molecule has 20 heavy (non-hydrogen) atoms. The zero-order chi connectivity index (χ0) is 14.9. The van der Waals surface area contributed by atoms with Crippen molar-refractivity contribution in [3.8, 4) is 0 Å². The van der Waals surface area contributed by atoms with Crippen LogP contribution in [-0.4, -0.2) is 5.91 Å². The summed E-state index contributed by atoms with van der Waals surface area (Å²) in [5, 5.41) is 2.00. The van der Waals surface area contributed by atoms with Crippen molar-refractivity contribution >= 4 is 11.6 Å². The van der Waals surface area contributed by atoms with Gasteiger partial charge in [-0.2, -0.15) is 0 Å². The number of nitrogens with one attached hydrogen (secondary N) is 1. The highest BCUT2D eigenvalue weighted by Crippen LogP contribution is 2.21. The molecule has 1 amide bonds. The first-order valence-electron chi connectivity index (χ1n) is 5.60. The van der Waals surface area contributed by atoms with Crippen LogP contribution in [0.3, 0.4) is 0 Å². The lowest BCUT2D eigenvalue weighted by Gasteiger charge is -2.09. The predicted molar refractivity (Wildman–Crippen MR) is 65.4 cm³/mol. The van der Waals surface area contributed by atoms with Crippen molar-refractivity contribution in [1.29, 1.82) is 0 Å². The Bertz CT molecular complexity index is 662. The van der Waals surface area contributed by atoms with Crippen LogP contribution in [0.25, 0.3) is 0 Å². The number of amides is 1. The average molecular weight is 283 g/mol. The highest BCUT2D eigenvalue weighted by atomic mass is 19.1. The Labute approximate surface area is 112 Å². The molecule has 1 N–H and O–H groups in total. The Kier molecular flexibility index (Phi) is 3.74. The molecule has 0 saturated carbocycles. The lowest BCUT2D eigenvalue weighted by molar-refractivity contribution is 0.102. The molecule has 0 aliphatic heterocycles. The van der Waals surface area contributed by atoms with E-state index in [1.54, 1.807) is 0 Å². The van der Waals surface area contributed by atoms with Gasteiger partial charge in [0.2, 0.25) is 0 Å². The molecule has 0 spiro atoms. The Hall–Kier alpha value is -2.37. The zero-order valence-corrected chi connectivity index (χ0v) is 10.3. The fourth-order valence-corrected chi connectivity index (χ4v) is 1.72. The van der Waals surface area contributed by atoms with Crippen LogP contribution >= 0.6 is 0 Å². The van der Waals surface area contributed by atoms with E-state index in [4.69, 9.17) is 0 Å². The van der Waals surface area contributed by atoms with E-state index in [0.717, 1.165) is 12.1 Å². The monoisotopic (exact) mass is 283 g/mol. The topological polar surface area (TPSA) is 29.1 Å². The van der Waals surface area contributed by atoms with Crippen LogP contribution in [0.15, 0.2) is 30.3 Å². The van der Waals surface area contributed by atoms with Gasteiger partial charge in [-0.1, -0.05) is 0 Å². The van der Waals surface area contributed by atoms with Crippen LogP contribution in [0.1, 0.15) is 15.9 Å². The second-order valence-electron chi connectivity index (χ2n) is 4.16. The van der Waals surface area contributed by atoms with Gasteiger partial charge in [0.05, 0.1) is 0 Å². The molecule has 0 atom stereocenters. The van der Waals surface area contributed by atoms with Crippen LogP contribution < -0.4 is 5.32 Å². The molecule has 0 radical (unpaired) electrons. The van der Waals surface area contributed by atoms with Crippen LogP contribution in [0.4, 0.5) is 23.2 Å². The average Bonchev–Trinajstić information content (AvgIpc) is 2.33. The van der Waals surface area contributed by atoms with E-state index < -0.39 is 34.9 Å². The molecular weight excluding hydrogens is 274 g/mol. The lowest BCUT2D eigenvalue weighted by Crippen LogP contribution is -2.16. The largest absolute Gasteiger partial charge is 0.317 e. The number of carbonyl (C=O) groups excluding carboxylic acids is 1. The number of hydrogen-bond acceptors (Lipinski definition) is 1. The van der Waals surface area contributed by atoms with Crippen molar-refractivity contribution in [1.82, 2.24) is 0 Å². The van der Waals surface area contributed by atoms with Gasteiger partial charge in [0, 0.05) is 17.7 Å². The minimum absolute atomic E-state index is 0.0644. The maximum Gasteiger partial charge on any atom is 0.256 e. The van der Waals surface area contributed by atoms with Gasteiger partial charge in [0.25, 0.3) is 5.91 Å².